The highest BCUT2D eigenvalue weighted by Crippen LogP contribution is 2.19. The van der Waals surface area contributed by atoms with Gasteiger partial charge in [0.15, 0.2) is 0 Å². The molecule has 1 aliphatic rings. The second-order valence-corrected chi connectivity index (χ2v) is 4.41. The summed E-state index contributed by atoms with van der Waals surface area (Å²) >= 11 is 0. The van der Waals surface area contributed by atoms with Gasteiger partial charge in [0.05, 0.1) is 0 Å². The van der Waals surface area contributed by atoms with E-state index in [1.165, 1.54) is 12.5 Å². The molecule has 0 atom stereocenters. The van der Waals surface area contributed by atoms with Crippen molar-refractivity contribution >= 4 is 11.9 Å². The summed E-state index contributed by atoms with van der Waals surface area (Å²) in [6.45, 7) is 2.73. The smallest absolute Gasteiger partial charge is 0.328 e. The van der Waals surface area contributed by atoms with Gasteiger partial charge in [-0.25, -0.2) is 4.79 Å². The molecular weight excluding hydrogens is 230 g/mol. The van der Waals surface area contributed by atoms with Gasteiger partial charge in [-0.2, -0.15) is 0 Å². The summed E-state index contributed by atoms with van der Waals surface area (Å²) in [5.74, 6) is -1.29. The SMILES string of the molecule is C/C(=C\C(=O)O)C(=O)N1CCc2ccccc2C1. The summed E-state index contributed by atoms with van der Waals surface area (Å²) in [6.07, 6.45) is 1.78. The average Bonchev–Trinajstić information content (AvgIpc) is 2.36. The Bertz CT molecular complexity index is 520. The molecule has 0 aliphatic carbocycles. The van der Waals surface area contributed by atoms with E-state index >= 15 is 0 Å². The van der Waals surface area contributed by atoms with Crippen LogP contribution in [0.1, 0.15) is 18.1 Å². The van der Waals surface area contributed by atoms with Gasteiger partial charge in [0, 0.05) is 24.7 Å². The molecule has 1 amide bonds. The predicted octanol–water partition coefficient (Wildman–Crippen LogP) is 1.60. The van der Waals surface area contributed by atoms with Crippen LogP contribution in [-0.2, 0) is 22.6 Å². The lowest BCUT2D eigenvalue weighted by Crippen LogP contribution is -2.36. The van der Waals surface area contributed by atoms with Crippen LogP contribution in [0.25, 0.3) is 0 Å². The van der Waals surface area contributed by atoms with Crippen molar-refractivity contribution in [1.82, 2.24) is 4.90 Å². The van der Waals surface area contributed by atoms with Gasteiger partial charge in [-0.3, -0.25) is 4.79 Å². The van der Waals surface area contributed by atoms with Crippen molar-refractivity contribution in [3.63, 3.8) is 0 Å². The zero-order valence-electron chi connectivity index (χ0n) is 10.2. The molecule has 1 aliphatic heterocycles. The molecular formula is C14H15NO3. The molecule has 4 heteroatoms. The van der Waals surface area contributed by atoms with E-state index < -0.39 is 5.97 Å². The third kappa shape index (κ3) is 2.59. The summed E-state index contributed by atoms with van der Waals surface area (Å²) in [4.78, 5) is 24.3. The normalized spacial score (nSPS) is 15.2. The van der Waals surface area contributed by atoms with Gasteiger partial charge >= 0.3 is 5.97 Å². The molecule has 0 aromatic heterocycles. The number of rotatable bonds is 2. The van der Waals surface area contributed by atoms with Crippen LogP contribution in [0.2, 0.25) is 0 Å². The highest BCUT2D eigenvalue weighted by atomic mass is 16.4. The van der Waals surface area contributed by atoms with Gasteiger partial charge in [0.2, 0.25) is 5.91 Å². The summed E-state index contributed by atoms with van der Waals surface area (Å²) in [6, 6.07) is 8.01. The van der Waals surface area contributed by atoms with Gasteiger partial charge in [0.1, 0.15) is 0 Å². The lowest BCUT2D eigenvalue weighted by atomic mass is 9.99. The van der Waals surface area contributed by atoms with E-state index in [0.29, 0.717) is 13.1 Å². The van der Waals surface area contributed by atoms with E-state index in [9.17, 15) is 9.59 Å². The van der Waals surface area contributed by atoms with Crippen molar-refractivity contribution in [3.05, 3.63) is 47.0 Å². The van der Waals surface area contributed by atoms with Crippen molar-refractivity contribution in [2.75, 3.05) is 6.54 Å². The van der Waals surface area contributed by atoms with Crippen LogP contribution < -0.4 is 0 Å². The number of aliphatic carboxylic acids is 1. The van der Waals surface area contributed by atoms with E-state index in [1.54, 1.807) is 4.90 Å². The molecule has 1 aromatic carbocycles. The van der Waals surface area contributed by atoms with Gasteiger partial charge in [-0.05, 0) is 24.5 Å². The maximum Gasteiger partial charge on any atom is 0.328 e. The molecule has 0 radical (unpaired) electrons. The largest absolute Gasteiger partial charge is 0.478 e. The quantitative estimate of drug-likeness (QED) is 0.805. The minimum atomic E-state index is -1.08. The Morgan fingerprint density at radius 2 is 1.94 bits per heavy atom. The fraction of sp³-hybridized carbons (Fsp3) is 0.286. The molecule has 0 fully saturated rings. The minimum Gasteiger partial charge on any atom is -0.478 e. The minimum absolute atomic E-state index is 0.202. The van der Waals surface area contributed by atoms with Crippen molar-refractivity contribution in [2.24, 2.45) is 0 Å². The zero-order valence-corrected chi connectivity index (χ0v) is 10.2. The number of hydrogen-bond acceptors (Lipinski definition) is 2. The number of carboxylic acid groups (broad SMARTS) is 1. The monoisotopic (exact) mass is 245 g/mol. The molecule has 4 nitrogen and oxygen atoms in total. The summed E-state index contributed by atoms with van der Waals surface area (Å²) in [5.41, 5.74) is 2.67. The van der Waals surface area contributed by atoms with Crippen LogP contribution in [0.5, 0.6) is 0 Å². The van der Waals surface area contributed by atoms with Crippen LogP contribution in [0.3, 0.4) is 0 Å². The van der Waals surface area contributed by atoms with Crippen molar-refractivity contribution in [3.8, 4) is 0 Å². The molecule has 0 saturated carbocycles. The molecule has 1 heterocycles. The molecule has 0 saturated heterocycles. The Hall–Kier alpha value is -2.10. The first-order valence-corrected chi connectivity index (χ1v) is 5.85. The first kappa shape index (κ1) is 12.4. The number of carbonyl (C=O) groups is 2. The number of nitrogens with zero attached hydrogens (tertiary/aromatic N) is 1. The Morgan fingerprint density at radius 1 is 1.28 bits per heavy atom. The van der Waals surface area contributed by atoms with Crippen LogP contribution in [-0.4, -0.2) is 28.4 Å². The van der Waals surface area contributed by atoms with E-state index in [2.05, 4.69) is 6.07 Å². The molecule has 18 heavy (non-hydrogen) atoms. The lowest BCUT2D eigenvalue weighted by Gasteiger charge is -2.29. The van der Waals surface area contributed by atoms with Crippen molar-refractivity contribution in [1.29, 1.82) is 0 Å². The highest BCUT2D eigenvalue weighted by molar-refractivity contribution is 5.98. The number of hydrogen-bond donors (Lipinski definition) is 1. The summed E-state index contributed by atoms with van der Waals surface area (Å²) in [7, 11) is 0. The fourth-order valence-corrected chi connectivity index (χ4v) is 2.17. The number of carbonyl (C=O) groups excluding carboxylic acids is 1. The zero-order chi connectivity index (χ0) is 13.1. The molecule has 0 unspecified atom stereocenters. The van der Waals surface area contributed by atoms with Crippen LogP contribution in [0, 0.1) is 0 Å². The number of benzene rings is 1. The standard InChI is InChI=1S/C14H15NO3/c1-10(8-13(16)17)14(18)15-7-6-11-4-2-3-5-12(11)9-15/h2-5,8H,6-7,9H2,1H3,(H,16,17)/b10-8+. The summed E-state index contributed by atoms with van der Waals surface area (Å²) in [5, 5.41) is 8.64. The number of carboxylic acids is 1. The van der Waals surface area contributed by atoms with Gasteiger partial charge in [-0.1, -0.05) is 24.3 Å². The fourth-order valence-electron chi connectivity index (χ4n) is 2.17. The Balaban J connectivity index is 2.14. The molecule has 0 bridgehead atoms. The first-order chi connectivity index (χ1) is 8.58. The average molecular weight is 245 g/mol. The second kappa shape index (κ2) is 5.04. The van der Waals surface area contributed by atoms with Crippen LogP contribution in [0.4, 0.5) is 0 Å². The van der Waals surface area contributed by atoms with E-state index in [0.717, 1.165) is 18.1 Å². The molecule has 1 N–H and O–H groups in total. The van der Waals surface area contributed by atoms with Crippen molar-refractivity contribution < 1.29 is 14.7 Å². The molecule has 2 rings (SSSR count). The number of amides is 1. The maximum absolute atomic E-state index is 12.0. The third-order valence-electron chi connectivity index (χ3n) is 3.10. The van der Waals surface area contributed by atoms with E-state index in [1.807, 2.05) is 18.2 Å². The summed E-state index contributed by atoms with van der Waals surface area (Å²) < 4.78 is 0. The van der Waals surface area contributed by atoms with Crippen molar-refractivity contribution in [2.45, 2.75) is 19.9 Å². The van der Waals surface area contributed by atoms with E-state index in [4.69, 9.17) is 5.11 Å². The Kier molecular flexibility index (Phi) is 3.46. The number of fused-ring (bicyclic) bond motifs is 1. The topological polar surface area (TPSA) is 57.6 Å². The first-order valence-electron chi connectivity index (χ1n) is 5.85. The van der Waals surface area contributed by atoms with E-state index in [-0.39, 0.29) is 11.5 Å². The maximum atomic E-state index is 12.0. The van der Waals surface area contributed by atoms with Gasteiger partial charge in [-0.15, -0.1) is 0 Å². The Labute approximate surface area is 106 Å². The van der Waals surface area contributed by atoms with Crippen LogP contribution in [0.15, 0.2) is 35.9 Å². The predicted molar refractivity (Wildman–Crippen MR) is 67.0 cm³/mol. The third-order valence-corrected chi connectivity index (χ3v) is 3.10. The van der Waals surface area contributed by atoms with Crippen LogP contribution >= 0.6 is 0 Å². The molecule has 1 aromatic rings. The molecule has 0 spiro atoms. The van der Waals surface area contributed by atoms with Gasteiger partial charge in [0.25, 0.3) is 0 Å². The van der Waals surface area contributed by atoms with Gasteiger partial charge < -0.3 is 10.0 Å². The highest BCUT2D eigenvalue weighted by Gasteiger charge is 2.21. The molecule has 94 valence electrons. The Morgan fingerprint density at radius 3 is 2.61 bits per heavy atom. The second-order valence-electron chi connectivity index (χ2n) is 4.41. The lowest BCUT2D eigenvalue weighted by molar-refractivity contribution is -0.133.